The van der Waals surface area contributed by atoms with Crippen molar-refractivity contribution in [2.24, 2.45) is 0 Å². The van der Waals surface area contributed by atoms with Crippen molar-refractivity contribution in [3.8, 4) is 0 Å². The molecule has 1 saturated heterocycles. The normalized spacial score (nSPS) is 15.2. The fourth-order valence-electron chi connectivity index (χ4n) is 2.77. The number of urea groups is 1. The van der Waals surface area contributed by atoms with Crippen molar-refractivity contribution in [2.45, 2.75) is 6.54 Å². The molecular formula is C18H18Cl3N3O. The van der Waals surface area contributed by atoms with Crippen LogP contribution in [0, 0.1) is 0 Å². The highest BCUT2D eigenvalue weighted by Gasteiger charge is 2.21. The van der Waals surface area contributed by atoms with Crippen LogP contribution in [0.1, 0.15) is 5.56 Å². The quantitative estimate of drug-likeness (QED) is 0.790. The molecule has 1 N–H and O–H groups in total. The van der Waals surface area contributed by atoms with Crippen molar-refractivity contribution in [1.29, 1.82) is 0 Å². The number of anilines is 1. The number of carbonyl (C=O) groups excluding carboxylic acids is 1. The minimum atomic E-state index is -0.105. The number of benzene rings is 2. The highest BCUT2D eigenvalue weighted by atomic mass is 35.5. The van der Waals surface area contributed by atoms with Crippen molar-refractivity contribution >= 4 is 46.5 Å². The number of carbonyl (C=O) groups is 1. The number of hydrogen-bond donors (Lipinski definition) is 1. The topological polar surface area (TPSA) is 35.6 Å². The van der Waals surface area contributed by atoms with Gasteiger partial charge in [0.25, 0.3) is 0 Å². The number of halogens is 3. The van der Waals surface area contributed by atoms with Crippen LogP contribution in [0.4, 0.5) is 10.5 Å². The number of amides is 2. The third kappa shape index (κ3) is 5.02. The Labute approximate surface area is 162 Å². The highest BCUT2D eigenvalue weighted by Crippen LogP contribution is 2.23. The Morgan fingerprint density at radius 2 is 1.68 bits per heavy atom. The number of piperazine rings is 1. The van der Waals surface area contributed by atoms with Gasteiger partial charge < -0.3 is 10.2 Å². The van der Waals surface area contributed by atoms with Gasteiger partial charge >= 0.3 is 6.03 Å². The summed E-state index contributed by atoms with van der Waals surface area (Å²) in [6.07, 6.45) is 0. The molecule has 7 heteroatoms. The zero-order chi connectivity index (χ0) is 17.8. The largest absolute Gasteiger partial charge is 0.322 e. The number of nitrogens with zero attached hydrogens (tertiary/aromatic N) is 2. The monoisotopic (exact) mass is 397 g/mol. The fraction of sp³-hybridized carbons (Fsp3) is 0.278. The number of nitrogens with one attached hydrogen (secondary N) is 1. The maximum absolute atomic E-state index is 12.4. The third-order valence-electron chi connectivity index (χ3n) is 4.14. The van der Waals surface area contributed by atoms with E-state index in [2.05, 4.69) is 10.2 Å². The molecule has 132 valence electrons. The molecule has 2 amide bonds. The Morgan fingerprint density at radius 3 is 2.36 bits per heavy atom. The van der Waals surface area contributed by atoms with Crippen LogP contribution in [0.25, 0.3) is 0 Å². The summed E-state index contributed by atoms with van der Waals surface area (Å²) in [5.74, 6) is 0. The van der Waals surface area contributed by atoms with E-state index in [0.717, 1.165) is 25.2 Å². The molecule has 0 aliphatic carbocycles. The molecule has 0 bridgehead atoms. The lowest BCUT2D eigenvalue weighted by atomic mass is 10.2. The molecule has 25 heavy (non-hydrogen) atoms. The smallest absolute Gasteiger partial charge is 0.321 e. The van der Waals surface area contributed by atoms with Crippen LogP contribution in [0.15, 0.2) is 42.5 Å². The molecule has 0 atom stereocenters. The summed E-state index contributed by atoms with van der Waals surface area (Å²) in [4.78, 5) is 16.4. The van der Waals surface area contributed by atoms with Gasteiger partial charge in [0, 0.05) is 53.5 Å². The second-order valence-electron chi connectivity index (χ2n) is 5.94. The van der Waals surface area contributed by atoms with E-state index in [4.69, 9.17) is 34.8 Å². The van der Waals surface area contributed by atoms with Crippen LogP contribution >= 0.6 is 34.8 Å². The number of hydrogen-bond acceptors (Lipinski definition) is 2. The van der Waals surface area contributed by atoms with Gasteiger partial charge in [-0.1, -0.05) is 46.9 Å². The molecule has 0 saturated carbocycles. The van der Waals surface area contributed by atoms with Crippen molar-refractivity contribution in [2.75, 3.05) is 31.5 Å². The van der Waals surface area contributed by atoms with Crippen molar-refractivity contribution < 1.29 is 4.79 Å². The predicted molar refractivity (Wildman–Crippen MR) is 104 cm³/mol. The molecule has 0 aromatic heterocycles. The summed E-state index contributed by atoms with van der Waals surface area (Å²) in [6, 6.07) is 12.6. The predicted octanol–water partition coefficient (Wildman–Crippen LogP) is 5.00. The van der Waals surface area contributed by atoms with Gasteiger partial charge in [-0.05, 0) is 35.9 Å². The standard InChI is InChI=1S/C18H18Cl3N3O/c19-14-2-1-3-16(10-14)22-18(25)24-8-6-23(7-9-24)12-13-4-5-15(20)11-17(13)21/h1-5,10-11H,6-9,12H2,(H,22,25). The Hall–Kier alpha value is -1.46. The Morgan fingerprint density at radius 1 is 0.960 bits per heavy atom. The summed E-state index contributed by atoms with van der Waals surface area (Å²) in [7, 11) is 0. The zero-order valence-electron chi connectivity index (χ0n) is 13.5. The van der Waals surface area contributed by atoms with Gasteiger partial charge in [-0.15, -0.1) is 0 Å². The van der Waals surface area contributed by atoms with Gasteiger partial charge in [-0.3, -0.25) is 4.90 Å². The van der Waals surface area contributed by atoms with E-state index in [1.807, 2.05) is 24.3 Å². The van der Waals surface area contributed by atoms with E-state index in [-0.39, 0.29) is 6.03 Å². The van der Waals surface area contributed by atoms with E-state index >= 15 is 0 Å². The highest BCUT2D eigenvalue weighted by molar-refractivity contribution is 6.35. The summed E-state index contributed by atoms with van der Waals surface area (Å²) in [5.41, 5.74) is 1.75. The van der Waals surface area contributed by atoms with E-state index in [1.165, 1.54) is 0 Å². The lowest BCUT2D eigenvalue weighted by Crippen LogP contribution is -2.49. The van der Waals surface area contributed by atoms with Gasteiger partial charge in [-0.25, -0.2) is 4.79 Å². The molecule has 4 nitrogen and oxygen atoms in total. The lowest BCUT2D eigenvalue weighted by Gasteiger charge is -2.34. The molecule has 3 rings (SSSR count). The summed E-state index contributed by atoms with van der Waals surface area (Å²) < 4.78 is 0. The third-order valence-corrected chi connectivity index (χ3v) is 4.97. The van der Waals surface area contributed by atoms with E-state index < -0.39 is 0 Å². The van der Waals surface area contributed by atoms with Gasteiger partial charge in [0.05, 0.1) is 0 Å². The van der Waals surface area contributed by atoms with Crippen molar-refractivity contribution in [3.63, 3.8) is 0 Å². The van der Waals surface area contributed by atoms with Gasteiger partial charge in [0.1, 0.15) is 0 Å². The average Bonchev–Trinajstić information content (AvgIpc) is 2.58. The Kier molecular flexibility index (Phi) is 6.07. The first-order valence-corrected chi connectivity index (χ1v) is 9.12. The second kappa shape index (κ2) is 8.28. The van der Waals surface area contributed by atoms with Gasteiger partial charge in [0.2, 0.25) is 0 Å². The SMILES string of the molecule is O=C(Nc1cccc(Cl)c1)N1CCN(Cc2ccc(Cl)cc2Cl)CC1. The molecule has 1 fully saturated rings. The minimum Gasteiger partial charge on any atom is -0.322 e. The maximum Gasteiger partial charge on any atom is 0.321 e. The molecular weight excluding hydrogens is 381 g/mol. The first-order chi connectivity index (χ1) is 12.0. The zero-order valence-corrected chi connectivity index (χ0v) is 15.8. The molecule has 1 aliphatic rings. The molecule has 0 unspecified atom stereocenters. The summed E-state index contributed by atoms with van der Waals surface area (Å²) >= 11 is 18.1. The van der Waals surface area contributed by atoms with Crippen molar-refractivity contribution in [1.82, 2.24) is 9.80 Å². The van der Waals surface area contributed by atoms with Crippen LogP contribution in [0.3, 0.4) is 0 Å². The average molecular weight is 399 g/mol. The first kappa shape index (κ1) is 18.3. The van der Waals surface area contributed by atoms with Gasteiger partial charge in [-0.2, -0.15) is 0 Å². The van der Waals surface area contributed by atoms with Crippen LogP contribution in [-0.4, -0.2) is 42.0 Å². The molecule has 2 aromatic rings. The number of rotatable bonds is 3. The minimum absolute atomic E-state index is 0.105. The second-order valence-corrected chi connectivity index (χ2v) is 7.22. The summed E-state index contributed by atoms with van der Waals surface area (Å²) in [5, 5.41) is 4.79. The van der Waals surface area contributed by atoms with Crippen LogP contribution in [0.5, 0.6) is 0 Å². The molecule has 1 heterocycles. The molecule has 2 aromatic carbocycles. The summed E-state index contributed by atoms with van der Waals surface area (Å²) in [6.45, 7) is 3.67. The Balaban J connectivity index is 1.52. The van der Waals surface area contributed by atoms with E-state index in [0.29, 0.717) is 33.8 Å². The molecule has 1 aliphatic heterocycles. The van der Waals surface area contributed by atoms with Gasteiger partial charge in [0.15, 0.2) is 0 Å². The lowest BCUT2D eigenvalue weighted by molar-refractivity contribution is 0.143. The Bertz CT molecular complexity index is 761. The first-order valence-electron chi connectivity index (χ1n) is 7.99. The molecule has 0 radical (unpaired) electrons. The fourth-order valence-corrected chi connectivity index (χ4v) is 3.43. The van der Waals surface area contributed by atoms with E-state index in [9.17, 15) is 4.79 Å². The van der Waals surface area contributed by atoms with Crippen LogP contribution in [-0.2, 0) is 6.54 Å². The maximum atomic E-state index is 12.4. The molecule has 0 spiro atoms. The van der Waals surface area contributed by atoms with Crippen molar-refractivity contribution in [3.05, 3.63) is 63.1 Å². The van der Waals surface area contributed by atoms with Crippen LogP contribution < -0.4 is 5.32 Å². The van der Waals surface area contributed by atoms with Crippen LogP contribution in [0.2, 0.25) is 15.1 Å². The van der Waals surface area contributed by atoms with E-state index in [1.54, 1.807) is 23.1 Å².